The summed E-state index contributed by atoms with van der Waals surface area (Å²) in [7, 11) is 0. The van der Waals surface area contributed by atoms with Gasteiger partial charge >= 0.3 is 11.9 Å². The summed E-state index contributed by atoms with van der Waals surface area (Å²) >= 11 is 0. The summed E-state index contributed by atoms with van der Waals surface area (Å²) < 4.78 is 5.19. The summed E-state index contributed by atoms with van der Waals surface area (Å²) in [6, 6.07) is 11.5. The van der Waals surface area contributed by atoms with E-state index in [1.165, 1.54) is 165 Å². The SMILES string of the molecule is CCCCCCCCCCCCCCC(C(=O)O)c1ccc([N+](=O)[O-])cc1.CCCCCCCCCCCCCCCC(=O)Oc1ccc([N+](=O)[O-])cc1. The van der Waals surface area contributed by atoms with Crippen LogP contribution in [0.5, 0.6) is 5.75 Å². The largest absolute Gasteiger partial charge is 0.481 e. The van der Waals surface area contributed by atoms with Crippen molar-refractivity contribution in [2.75, 3.05) is 0 Å². The van der Waals surface area contributed by atoms with Crippen molar-refractivity contribution in [2.24, 2.45) is 0 Å². The zero-order valence-electron chi connectivity index (χ0n) is 33.5. The minimum absolute atomic E-state index is 0.00625. The summed E-state index contributed by atoms with van der Waals surface area (Å²) in [6.07, 6.45) is 32.5. The lowest BCUT2D eigenvalue weighted by atomic mass is 9.92. The number of non-ortho nitro benzene ring substituents is 2. The van der Waals surface area contributed by atoms with Crippen molar-refractivity contribution in [3.8, 4) is 5.75 Å². The Morgan fingerprint density at radius 3 is 1.22 bits per heavy atom. The van der Waals surface area contributed by atoms with Gasteiger partial charge in [0.05, 0.1) is 15.8 Å². The first-order chi connectivity index (χ1) is 26.2. The van der Waals surface area contributed by atoms with Crippen molar-refractivity contribution in [1.29, 1.82) is 0 Å². The van der Waals surface area contributed by atoms with Crippen molar-refractivity contribution in [1.82, 2.24) is 0 Å². The van der Waals surface area contributed by atoms with Crippen molar-refractivity contribution < 1.29 is 29.3 Å². The third-order valence-corrected chi connectivity index (χ3v) is 9.91. The van der Waals surface area contributed by atoms with E-state index in [9.17, 15) is 34.9 Å². The van der Waals surface area contributed by atoms with E-state index in [4.69, 9.17) is 4.74 Å². The standard InChI is InChI=1S/2C22H35NO4/c1-2-3-4-5-6-7-8-9-10-11-12-13-14-21(22(24)25)19-15-17-20(18-16-19)23(26)27;1-2-3-4-5-6-7-8-9-10-11-12-13-14-15-22(24)27-21-18-16-20(17-19-21)23(25)26/h15-18,21H,2-14H2,1H3,(H,24,25);16-19H,2-15H2,1H3. The molecule has 2 rings (SSSR count). The molecule has 0 aliphatic carbocycles. The van der Waals surface area contributed by atoms with Gasteiger partial charge in [0, 0.05) is 30.7 Å². The number of nitro benzene ring substituents is 2. The summed E-state index contributed by atoms with van der Waals surface area (Å²) in [5.74, 6) is -1.34. The van der Waals surface area contributed by atoms with Crippen LogP contribution in [0, 0.1) is 20.2 Å². The molecule has 2 aromatic rings. The number of carboxylic acid groups (broad SMARTS) is 1. The van der Waals surface area contributed by atoms with E-state index < -0.39 is 21.7 Å². The fourth-order valence-electron chi connectivity index (χ4n) is 6.56. The van der Waals surface area contributed by atoms with Crippen LogP contribution in [0.1, 0.15) is 199 Å². The minimum atomic E-state index is -0.855. The molecule has 0 aliphatic heterocycles. The van der Waals surface area contributed by atoms with Gasteiger partial charge in [0.25, 0.3) is 11.4 Å². The molecule has 1 unspecified atom stereocenters. The van der Waals surface area contributed by atoms with Crippen molar-refractivity contribution in [3.05, 3.63) is 74.3 Å². The number of ether oxygens (including phenoxy) is 1. The van der Waals surface area contributed by atoms with Gasteiger partial charge < -0.3 is 9.84 Å². The lowest BCUT2D eigenvalue weighted by Crippen LogP contribution is -2.11. The number of hydrogen-bond donors (Lipinski definition) is 1. The Labute approximate surface area is 325 Å². The molecule has 0 heterocycles. The van der Waals surface area contributed by atoms with Gasteiger partial charge in [-0.2, -0.15) is 0 Å². The zero-order chi connectivity index (χ0) is 39.7. The second-order valence-corrected chi connectivity index (χ2v) is 14.6. The first-order valence-corrected chi connectivity index (χ1v) is 21.1. The molecule has 1 atom stereocenters. The fraction of sp³-hybridized carbons (Fsp3) is 0.682. The quantitative estimate of drug-likeness (QED) is 0.0255. The van der Waals surface area contributed by atoms with Gasteiger partial charge in [-0.3, -0.25) is 29.8 Å². The molecule has 0 spiro atoms. The maximum absolute atomic E-state index is 11.8. The van der Waals surface area contributed by atoms with E-state index in [-0.39, 0.29) is 17.3 Å². The highest BCUT2D eigenvalue weighted by molar-refractivity contribution is 5.76. The van der Waals surface area contributed by atoms with E-state index in [0.29, 0.717) is 24.2 Å². The Kier molecular flexibility index (Phi) is 29.1. The number of nitrogens with zero attached hydrogens (tertiary/aromatic N) is 2. The van der Waals surface area contributed by atoms with E-state index in [1.54, 1.807) is 12.1 Å². The second kappa shape index (κ2) is 32.6. The number of carbonyl (C=O) groups is 2. The number of unbranched alkanes of at least 4 members (excludes halogenated alkanes) is 23. The third-order valence-electron chi connectivity index (χ3n) is 9.91. The summed E-state index contributed by atoms with van der Waals surface area (Å²) in [6.45, 7) is 4.49. The van der Waals surface area contributed by atoms with Crippen molar-refractivity contribution in [2.45, 2.75) is 193 Å². The lowest BCUT2D eigenvalue weighted by molar-refractivity contribution is -0.385. The Morgan fingerprint density at radius 1 is 0.537 bits per heavy atom. The molecule has 2 aromatic carbocycles. The topological polar surface area (TPSA) is 150 Å². The average molecular weight is 755 g/mol. The lowest BCUT2D eigenvalue weighted by Gasteiger charge is -2.12. The molecule has 54 heavy (non-hydrogen) atoms. The van der Waals surface area contributed by atoms with E-state index in [1.807, 2.05) is 0 Å². The Balaban J connectivity index is 0.000000540. The molecule has 0 radical (unpaired) electrons. The number of hydrogen-bond acceptors (Lipinski definition) is 7. The number of esters is 1. The number of rotatable bonds is 32. The first kappa shape index (κ1) is 48.2. The van der Waals surface area contributed by atoms with Crippen LogP contribution < -0.4 is 4.74 Å². The van der Waals surface area contributed by atoms with Crippen LogP contribution in [-0.4, -0.2) is 26.9 Å². The Hall–Kier alpha value is -3.82. The monoisotopic (exact) mass is 755 g/mol. The van der Waals surface area contributed by atoms with Crippen LogP contribution in [0.2, 0.25) is 0 Å². The number of carbonyl (C=O) groups excluding carboxylic acids is 1. The van der Waals surface area contributed by atoms with E-state index in [2.05, 4.69) is 13.8 Å². The van der Waals surface area contributed by atoms with Gasteiger partial charge in [-0.05, 0) is 30.5 Å². The van der Waals surface area contributed by atoms with Crippen LogP contribution in [0.4, 0.5) is 11.4 Å². The van der Waals surface area contributed by atoms with Gasteiger partial charge in [-0.25, -0.2) is 0 Å². The molecular weight excluding hydrogens is 684 g/mol. The molecule has 0 aliphatic rings. The molecular formula is C44H70N2O8. The van der Waals surface area contributed by atoms with Gasteiger partial charge in [0.2, 0.25) is 0 Å². The number of nitro groups is 2. The van der Waals surface area contributed by atoms with Crippen molar-refractivity contribution >= 4 is 23.3 Å². The summed E-state index contributed by atoms with van der Waals surface area (Å²) in [5, 5.41) is 30.7. The van der Waals surface area contributed by atoms with Crippen LogP contribution in [-0.2, 0) is 9.59 Å². The average Bonchev–Trinajstić information content (AvgIpc) is 3.16. The molecule has 0 bridgehead atoms. The van der Waals surface area contributed by atoms with Gasteiger partial charge in [0.1, 0.15) is 5.75 Å². The molecule has 0 amide bonds. The summed E-state index contributed by atoms with van der Waals surface area (Å²) in [5.41, 5.74) is 0.635. The van der Waals surface area contributed by atoms with Gasteiger partial charge in [0.15, 0.2) is 0 Å². The molecule has 1 N–H and O–H groups in total. The molecule has 0 fully saturated rings. The Bertz CT molecular complexity index is 1260. The van der Waals surface area contributed by atoms with Crippen LogP contribution in [0.25, 0.3) is 0 Å². The van der Waals surface area contributed by atoms with Gasteiger partial charge in [-0.15, -0.1) is 0 Å². The molecule has 0 saturated heterocycles. The molecule has 0 saturated carbocycles. The highest BCUT2D eigenvalue weighted by Gasteiger charge is 2.20. The fourth-order valence-corrected chi connectivity index (χ4v) is 6.56. The highest BCUT2D eigenvalue weighted by atomic mass is 16.6. The van der Waals surface area contributed by atoms with Crippen LogP contribution in [0.15, 0.2) is 48.5 Å². The molecule has 10 nitrogen and oxygen atoms in total. The molecule has 10 heteroatoms. The van der Waals surface area contributed by atoms with E-state index in [0.717, 1.165) is 32.1 Å². The van der Waals surface area contributed by atoms with E-state index >= 15 is 0 Å². The predicted octanol–water partition coefficient (Wildman–Crippen LogP) is 13.8. The number of benzene rings is 2. The first-order valence-electron chi connectivity index (χ1n) is 21.1. The number of carboxylic acids is 1. The van der Waals surface area contributed by atoms with Gasteiger partial charge in [-0.1, -0.05) is 180 Å². The molecule has 0 aromatic heterocycles. The third kappa shape index (κ3) is 25.2. The maximum atomic E-state index is 11.8. The highest BCUT2D eigenvalue weighted by Crippen LogP contribution is 2.26. The Morgan fingerprint density at radius 2 is 0.870 bits per heavy atom. The predicted molar refractivity (Wildman–Crippen MR) is 218 cm³/mol. The smallest absolute Gasteiger partial charge is 0.311 e. The second-order valence-electron chi connectivity index (χ2n) is 14.6. The maximum Gasteiger partial charge on any atom is 0.311 e. The summed E-state index contributed by atoms with van der Waals surface area (Å²) in [4.78, 5) is 43.6. The minimum Gasteiger partial charge on any atom is -0.481 e. The molecule has 304 valence electrons. The normalized spacial score (nSPS) is 11.4. The number of aliphatic carboxylic acids is 1. The van der Waals surface area contributed by atoms with Crippen LogP contribution >= 0.6 is 0 Å². The zero-order valence-corrected chi connectivity index (χ0v) is 33.5. The van der Waals surface area contributed by atoms with Crippen LogP contribution in [0.3, 0.4) is 0 Å². The van der Waals surface area contributed by atoms with Crippen molar-refractivity contribution in [3.63, 3.8) is 0 Å².